The molecular weight excluding hydrogens is 388 g/mol. The van der Waals surface area contributed by atoms with E-state index in [1.807, 2.05) is 48.0 Å². The van der Waals surface area contributed by atoms with Gasteiger partial charge in [0.1, 0.15) is 0 Å². The van der Waals surface area contributed by atoms with Gasteiger partial charge >= 0.3 is 0 Å². The van der Waals surface area contributed by atoms with Crippen molar-refractivity contribution in [3.63, 3.8) is 0 Å². The number of pyridine rings is 1. The SMILES string of the molecule is Cc1cccc2cc([C@H](c3nnnn3Cc3ccccc3)[NH+]3CCCCC3)c(=O)[nH]c12. The zero-order chi connectivity index (χ0) is 21.2. The number of benzene rings is 2. The molecule has 31 heavy (non-hydrogen) atoms. The van der Waals surface area contributed by atoms with Gasteiger partial charge < -0.3 is 9.88 Å². The predicted molar refractivity (Wildman–Crippen MR) is 119 cm³/mol. The summed E-state index contributed by atoms with van der Waals surface area (Å²) in [5, 5.41) is 13.8. The summed E-state index contributed by atoms with van der Waals surface area (Å²) in [5.41, 5.74) is 3.77. The Morgan fingerprint density at radius 2 is 1.87 bits per heavy atom. The Hall–Kier alpha value is -3.32. The minimum absolute atomic E-state index is 0.0564. The summed E-state index contributed by atoms with van der Waals surface area (Å²) < 4.78 is 1.85. The van der Waals surface area contributed by atoms with Gasteiger partial charge in [0, 0.05) is 0 Å². The number of nitrogens with zero attached hydrogens (tertiary/aromatic N) is 4. The lowest BCUT2D eigenvalue weighted by atomic mass is 9.99. The first-order valence-corrected chi connectivity index (χ1v) is 11.0. The molecule has 7 nitrogen and oxygen atoms in total. The molecule has 0 saturated carbocycles. The van der Waals surface area contributed by atoms with Crippen molar-refractivity contribution in [2.24, 2.45) is 0 Å². The smallest absolute Gasteiger partial charge is 0.258 e. The highest BCUT2D eigenvalue weighted by Gasteiger charge is 2.34. The number of fused-ring (bicyclic) bond motifs is 1. The van der Waals surface area contributed by atoms with Crippen LogP contribution in [0.15, 0.2) is 59.4 Å². The number of tetrazole rings is 1. The Kier molecular flexibility index (Phi) is 5.34. The zero-order valence-corrected chi connectivity index (χ0v) is 17.7. The van der Waals surface area contributed by atoms with Crippen LogP contribution in [0.25, 0.3) is 10.9 Å². The first kappa shape index (κ1) is 19.6. The fourth-order valence-electron chi connectivity index (χ4n) is 4.74. The number of quaternary nitrogens is 1. The maximum absolute atomic E-state index is 13.3. The Morgan fingerprint density at radius 1 is 1.06 bits per heavy atom. The molecule has 1 atom stereocenters. The van der Waals surface area contributed by atoms with Crippen molar-refractivity contribution in [2.45, 2.75) is 38.8 Å². The van der Waals surface area contributed by atoms with Crippen LogP contribution in [0, 0.1) is 6.92 Å². The first-order chi connectivity index (χ1) is 15.2. The summed E-state index contributed by atoms with van der Waals surface area (Å²) in [4.78, 5) is 17.8. The van der Waals surface area contributed by atoms with Gasteiger partial charge in [-0.25, -0.2) is 4.68 Å². The van der Waals surface area contributed by atoms with Crippen molar-refractivity contribution in [2.75, 3.05) is 13.1 Å². The number of H-pyrrole nitrogens is 1. The normalized spacial score (nSPS) is 15.9. The summed E-state index contributed by atoms with van der Waals surface area (Å²) in [6.07, 6.45) is 3.53. The second kappa shape index (κ2) is 8.43. The fraction of sp³-hybridized carbons (Fsp3) is 0.333. The number of nitrogens with one attached hydrogen (secondary N) is 2. The topological polar surface area (TPSA) is 80.9 Å². The van der Waals surface area contributed by atoms with Crippen LogP contribution in [0.4, 0.5) is 0 Å². The number of aromatic nitrogens is 5. The number of hydrogen-bond donors (Lipinski definition) is 2. The second-order valence-corrected chi connectivity index (χ2v) is 8.43. The molecule has 1 saturated heterocycles. The zero-order valence-electron chi connectivity index (χ0n) is 17.7. The predicted octanol–water partition coefficient (Wildman–Crippen LogP) is 2.03. The van der Waals surface area contributed by atoms with Gasteiger partial charge in [-0.15, -0.1) is 5.10 Å². The van der Waals surface area contributed by atoms with Crippen molar-refractivity contribution < 1.29 is 4.90 Å². The molecule has 5 rings (SSSR count). The Morgan fingerprint density at radius 3 is 2.68 bits per heavy atom. The van der Waals surface area contributed by atoms with Gasteiger partial charge in [0.2, 0.25) is 5.82 Å². The summed E-state index contributed by atoms with van der Waals surface area (Å²) in [6, 6.07) is 18.1. The number of aryl methyl sites for hydroxylation is 1. The monoisotopic (exact) mass is 415 g/mol. The highest BCUT2D eigenvalue weighted by atomic mass is 16.1. The maximum atomic E-state index is 13.3. The van der Waals surface area contributed by atoms with E-state index in [1.165, 1.54) is 11.3 Å². The van der Waals surface area contributed by atoms with Crippen LogP contribution in [-0.2, 0) is 6.54 Å². The standard InChI is InChI=1S/C24H26N6O/c1-17-9-8-12-19-15-20(24(31)25-21(17)19)22(29-13-6-3-7-14-29)23-26-27-28-30(23)16-18-10-4-2-5-11-18/h2,4-5,8-12,15,22H,3,6-7,13-14,16H2,1H3,(H,25,31)/p+1/t22-/m1/s1. The van der Waals surface area contributed by atoms with Crippen LogP contribution in [0.2, 0.25) is 0 Å². The van der Waals surface area contributed by atoms with E-state index in [4.69, 9.17) is 0 Å². The Bertz CT molecular complexity index is 1240. The lowest BCUT2D eigenvalue weighted by Crippen LogP contribution is -3.13. The molecule has 2 aromatic carbocycles. The number of aromatic amines is 1. The molecule has 158 valence electrons. The minimum Gasteiger partial charge on any atom is -0.322 e. The van der Waals surface area contributed by atoms with E-state index in [-0.39, 0.29) is 11.6 Å². The first-order valence-electron chi connectivity index (χ1n) is 11.0. The van der Waals surface area contributed by atoms with Crippen LogP contribution in [-0.4, -0.2) is 38.3 Å². The van der Waals surface area contributed by atoms with Crippen LogP contribution < -0.4 is 10.5 Å². The maximum Gasteiger partial charge on any atom is 0.258 e. The molecule has 7 heteroatoms. The molecule has 0 radical (unpaired) electrons. The molecule has 4 aromatic rings. The van der Waals surface area contributed by atoms with E-state index in [0.717, 1.165) is 59.3 Å². The average molecular weight is 416 g/mol. The largest absolute Gasteiger partial charge is 0.322 e. The van der Waals surface area contributed by atoms with Crippen LogP contribution in [0.5, 0.6) is 0 Å². The van der Waals surface area contributed by atoms with E-state index < -0.39 is 0 Å². The number of rotatable bonds is 5. The molecule has 1 aliphatic rings. The second-order valence-electron chi connectivity index (χ2n) is 8.43. The molecule has 2 aromatic heterocycles. The average Bonchev–Trinajstić information content (AvgIpc) is 3.24. The molecule has 0 aliphatic carbocycles. The Balaban J connectivity index is 1.63. The molecule has 1 fully saturated rings. The van der Waals surface area contributed by atoms with E-state index in [2.05, 4.69) is 38.7 Å². The van der Waals surface area contributed by atoms with Gasteiger partial charge in [0.05, 0.1) is 30.7 Å². The van der Waals surface area contributed by atoms with Crippen molar-refractivity contribution in [1.29, 1.82) is 0 Å². The number of likely N-dealkylation sites (tertiary alicyclic amines) is 1. The quantitative estimate of drug-likeness (QED) is 0.523. The van der Waals surface area contributed by atoms with Gasteiger partial charge in [-0.05, 0) is 59.2 Å². The van der Waals surface area contributed by atoms with Crippen LogP contribution in [0.1, 0.15) is 47.8 Å². The van der Waals surface area contributed by atoms with Crippen molar-refractivity contribution in [3.05, 3.63) is 87.5 Å². The third-order valence-corrected chi connectivity index (χ3v) is 6.32. The van der Waals surface area contributed by atoms with Gasteiger partial charge in [-0.3, -0.25) is 4.79 Å². The third-order valence-electron chi connectivity index (χ3n) is 6.32. The molecule has 0 unspecified atom stereocenters. The van der Waals surface area contributed by atoms with Gasteiger partial charge in [-0.1, -0.05) is 48.5 Å². The van der Waals surface area contributed by atoms with Crippen molar-refractivity contribution in [1.82, 2.24) is 25.2 Å². The molecule has 0 amide bonds. The highest BCUT2D eigenvalue weighted by molar-refractivity contribution is 5.82. The summed E-state index contributed by atoms with van der Waals surface area (Å²) in [7, 11) is 0. The van der Waals surface area contributed by atoms with E-state index >= 15 is 0 Å². The summed E-state index contributed by atoms with van der Waals surface area (Å²) in [5.74, 6) is 0.748. The molecule has 3 heterocycles. The van der Waals surface area contributed by atoms with Crippen molar-refractivity contribution in [3.8, 4) is 0 Å². The number of para-hydroxylation sites is 1. The molecule has 2 N–H and O–H groups in total. The molecule has 1 aliphatic heterocycles. The van der Waals surface area contributed by atoms with Gasteiger partial charge in [-0.2, -0.15) is 0 Å². The lowest BCUT2D eigenvalue weighted by Gasteiger charge is -2.30. The number of piperidine rings is 1. The van der Waals surface area contributed by atoms with E-state index in [0.29, 0.717) is 6.54 Å². The van der Waals surface area contributed by atoms with Crippen LogP contribution in [0.3, 0.4) is 0 Å². The third kappa shape index (κ3) is 3.88. The fourth-order valence-corrected chi connectivity index (χ4v) is 4.74. The van der Waals surface area contributed by atoms with E-state index in [9.17, 15) is 4.79 Å². The minimum atomic E-state index is -0.201. The van der Waals surface area contributed by atoms with Gasteiger partial charge in [0.25, 0.3) is 5.56 Å². The number of hydrogen-bond acceptors (Lipinski definition) is 4. The molecule has 0 spiro atoms. The van der Waals surface area contributed by atoms with E-state index in [1.54, 1.807) is 0 Å². The molecular formula is C24H27N6O+. The van der Waals surface area contributed by atoms with Gasteiger partial charge in [0.15, 0.2) is 6.04 Å². The Labute approximate surface area is 180 Å². The summed E-state index contributed by atoms with van der Waals surface area (Å²) >= 11 is 0. The molecule has 0 bridgehead atoms. The van der Waals surface area contributed by atoms with Crippen molar-refractivity contribution >= 4 is 10.9 Å². The van der Waals surface area contributed by atoms with Crippen LogP contribution >= 0.6 is 0 Å². The summed E-state index contributed by atoms with van der Waals surface area (Å²) in [6.45, 7) is 4.62. The highest BCUT2D eigenvalue weighted by Crippen LogP contribution is 2.21. The lowest BCUT2D eigenvalue weighted by molar-refractivity contribution is -0.931.